The monoisotopic (exact) mass is 420 g/mol. The molecular formula is C22H13IO. The van der Waals surface area contributed by atoms with Crippen molar-refractivity contribution in [1.29, 1.82) is 0 Å². The molecule has 0 saturated carbocycles. The van der Waals surface area contributed by atoms with Crippen LogP contribution in [0, 0.1) is 3.57 Å². The molecule has 0 atom stereocenters. The fraction of sp³-hybridized carbons (Fsp3) is 0. The Morgan fingerprint density at radius 3 is 2.04 bits per heavy atom. The van der Waals surface area contributed by atoms with Crippen LogP contribution in [0.15, 0.2) is 83.3 Å². The maximum absolute atomic E-state index is 6.25. The molecule has 5 rings (SSSR count). The normalized spacial score (nSPS) is 11.5. The van der Waals surface area contributed by atoms with Crippen molar-refractivity contribution < 1.29 is 4.42 Å². The summed E-state index contributed by atoms with van der Waals surface area (Å²) in [6, 6.07) is 27.5. The minimum Gasteiger partial charge on any atom is -0.455 e. The first kappa shape index (κ1) is 14.1. The van der Waals surface area contributed by atoms with Crippen molar-refractivity contribution in [1.82, 2.24) is 0 Å². The summed E-state index contributed by atoms with van der Waals surface area (Å²) in [5, 5.41) is 4.91. The zero-order chi connectivity index (χ0) is 16.1. The molecule has 2 heteroatoms. The number of para-hydroxylation sites is 1. The van der Waals surface area contributed by atoms with E-state index in [-0.39, 0.29) is 0 Å². The third-order valence-electron chi connectivity index (χ3n) is 4.54. The molecule has 4 aromatic carbocycles. The quantitative estimate of drug-likeness (QED) is 0.266. The van der Waals surface area contributed by atoms with E-state index >= 15 is 0 Å². The summed E-state index contributed by atoms with van der Waals surface area (Å²) in [5.74, 6) is 0. The highest BCUT2D eigenvalue weighted by Crippen LogP contribution is 2.43. The number of halogens is 1. The first-order valence-corrected chi connectivity index (χ1v) is 8.99. The van der Waals surface area contributed by atoms with Crippen LogP contribution < -0.4 is 0 Å². The molecule has 1 nitrogen and oxygen atoms in total. The maximum atomic E-state index is 6.25. The van der Waals surface area contributed by atoms with Crippen molar-refractivity contribution in [2.45, 2.75) is 0 Å². The summed E-state index contributed by atoms with van der Waals surface area (Å²) in [4.78, 5) is 0. The van der Waals surface area contributed by atoms with Gasteiger partial charge in [-0.2, -0.15) is 0 Å². The van der Waals surface area contributed by atoms with E-state index in [1.54, 1.807) is 0 Å². The Morgan fingerprint density at radius 1 is 0.625 bits per heavy atom. The Labute approximate surface area is 153 Å². The van der Waals surface area contributed by atoms with Crippen LogP contribution in [0.1, 0.15) is 0 Å². The molecule has 5 aromatic rings. The van der Waals surface area contributed by atoms with E-state index in [0.717, 1.165) is 11.2 Å². The molecule has 0 aliphatic carbocycles. The van der Waals surface area contributed by atoms with Crippen molar-refractivity contribution >= 4 is 55.3 Å². The zero-order valence-corrected chi connectivity index (χ0v) is 14.9. The molecule has 114 valence electrons. The van der Waals surface area contributed by atoms with E-state index in [9.17, 15) is 0 Å². The highest BCUT2D eigenvalue weighted by Gasteiger charge is 2.18. The summed E-state index contributed by atoms with van der Waals surface area (Å²) in [7, 11) is 0. The lowest BCUT2D eigenvalue weighted by Gasteiger charge is -2.11. The van der Waals surface area contributed by atoms with Gasteiger partial charge in [0, 0.05) is 16.3 Å². The number of rotatable bonds is 1. The van der Waals surface area contributed by atoms with E-state index in [0.29, 0.717) is 0 Å². The molecule has 0 aliphatic rings. The van der Waals surface area contributed by atoms with Gasteiger partial charge < -0.3 is 4.42 Å². The van der Waals surface area contributed by atoms with Gasteiger partial charge in [-0.15, -0.1) is 0 Å². The molecule has 0 saturated heterocycles. The third-order valence-corrected chi connectivity index (χ3v) is 5.57. The molecule has 0 N–H and O–H groups in total. The smallest absolute Gasteiger partial charge is 0.150 e. The van der Waals surface area contributed by atoms with Gasteiger partial charge in [0.15, 0.2) is 0 Å². The molecule has 24 heavy (non-hydrogen) atoms. The lowest BCUT2D eigenvalue weighted by molar-refractivity contribution is 0.667. The lowest BCUT2D eigenvalue weighted by Crippen LogP contribution is -1.88. The van der Waals surface area contributed by atoms with Crippen LogP contribution in [-0.4, -0.2) is 0 Å². The largest absolute Gasteiger partial charge is 0.455 e. The van der Waals surface area contributed by atoms with E-state index < -0.39 is 0 Å². The van der Waals surface area contributed by atoms with Gasteiger partial charge in [-0.1, -0.05) is 72.8 Å². The third kappa shape index (κ3) is 1.93. The highest BCUT2D eigenvalue weighted by molar-refractivity contribution is 14.1. The highest BCUT2D eigenvalue weighted by atomic mass is 127. The average Bonchev–Trinajstić information content (AvgIpc) is 3.03. The molecule has 0 amide bonds. The predicted molar refractivity (Wildman–Crippen MR) is 109 cm³/mol. The maximum Gasteiger partial charge on any atom is 0.150 e. The first-order chi connectivity index (χ1) is 11.8. The SMILES string of the molecule is Ic1c(-c2ccccc2)c2ccccc2c2c1oc1ccccc12. The van der Waals surface area contributed by atoms with Gasteiger partial charge in [0.05, 0.1) is 3.57 Å². The second-order valence-corrected chi connectivity index (χ2v) is 6.98. The molecular weight excluding hydrogens is 407 g/mol. The Bertz CT molecular complexity index is 1200. The predicted octanol–water partition coefficient (Wildman–Crippen LogP) is 7.01. The molecule has 0 bridgehead atoms. The van der Waals surface area contributed by atoms with Gasteiger partial charge in [0.25, 0.3) is 0 Å². The van der Waals surface area contributed by atoms with Gasteiger partial charge >= 0.3 is 0 Å². The summed E-state index contributed by atoms with van der Waals surface area (Å²) in [6.45, 7) is 0. The zero-order valence-electron chi connectivity index (χ0n) is 12.8. The van der Waals surface area contributed by atoms with Gasteiger partial charge in [0.1, 0.15) is 11.2 Å². The molecule has 0 unspecified atom stereocenters. The van der Waals surface area contributed by atoms with Crippen LogP contribution in [0.3, 0.4) is 0 Å². The van der Waals surface area contributed by atoms with Gasteiger partial charge in [-0.05, 0) is 45.0 Å². The molecule has 0 radical (unpaired) electrons. The number of hydrogen-bond donors (Lipinski definition) is 0. The van der Waals surface area contributed by atoms with Crippen LogP contribution in [-0.2, 0) is 0 Å². The Morgan fingerprint density at radius 2 is 1.25 bits per heavy atom. The number of fused-ring (bicyclic) bond motifs is 5. The van der Waals surface area contributed by atoms with Crippen molar-refractivity contribution in [3.05, 3.63) is 82.4 Å². The van der Waals surface area contributed by atoms with E-state index in [4.69, 9.17) is 4.42 Å². The van der Waals surface area contributed by atoms with Crippen LogP contribution in [0.25, 0.3) is 43.8 Å². The topological polar surface area (TPSA) is 13.1 Å². The fourth-order valence-corrected chi connectivity index (χ4v) is 4.49. The van der Waals surface area contributed by atoms with Gasteiger partial charge in [0.2, 0.25) is 0 Å². The van der Waals surface area contributed by atoms with E-state index in [1.807, 2.05) is 12.1 Å². The molecule has 0 spiro atoms. The van der Waals surface area contributed by atoms with Crippen molar-refractivity contribution in [2.24, 2.45) is 0 Å². The number of furan rings is 1. The number of hydrogen-bond acceptors (Lipinski definition) is 1. The number of benzene rings is 4. The van der Waals surface area contributed by atoms with Crippen LogP contribution in [0.2, 0.25) is 0 Å². The van der Waals surface area contributed by atoms with Gasteiger partial charge in [-0.25, -0.2) is 0 Å². The lowest BCUT2D eigenvalue weighted by atomic mass is 9.95. The average molecular weight is 420 g/mol. The molecule has 0 aliphatic heterocycles. The van der Waals surface area contributed by atoms with E-state index in [2.05, 4.69) is 89.3 Å². The minimum atomic E-state index is 0.945. The molecule has 1 heterocycles. The second-order valence-electron chi connectivity index (χ2n) is 5.90. The second kappa shape index (κ2) is 5.35. The van der Waals surface area contributed by atoms with Crippen LogP contribution >= 0.6 is 22.6 Å². The summed E-state index contributed by atoms with van der Waals surface area (Å²) in [6.07, 6.45) is 0. The molecule has 1 aromatic heterocycles. The fourth-order valence-electron chi connectivity index (χ4n) is 3.51. The van der Waals surface area contributed by atoms with Crippen molar-refractivity contribution in [3.8, 4) is 11.1 Å². The molecule has 0 fully saturated rings. The summed E-state index contributed by atoms with van der Waals surface area (Å²) in [5.41, 5.74) is 4.40. The minimum absolute atomic E-state index is 0.945. The first-order valence-electron chi connectivity index (χ1n) is 7.91. The Hall–Kier alpha value is -2.33. The standard InChI is InChI=1S/C22H13IO/c23-21-19(14-8-2-1-3-9-14)15-10-4-5-11-16(15)20-17-12-6-7-13-18(17)24-22(20)21/h1-13H. The van der Waals surface area contributed by atoms with Crippen molar-refractivity contribution in [3.63, 3.8) is 0 Å². The van der Waals surface area contributed by atoms with Crippen LogP contribution in [0.5, 0.6) is 0 Å². The van der Waals surface area contributed by atoms with Gasteiger partial charge in [-0.3, -0.25) is 0 Å². The van der Waals surface area contributed by atoms with Crippen LogP contribution in [0.4, 0.5) is 0 Å². The Kier molecular flexibility index (Phi) is 3.13. The van der Waals surface area contributed by atoms with Crippen molar-refractivity contribution in [2.75, 3.05) is 0 Å². The summed E-state index contributed by atoms with van der Waals surface area (Å²) >= 11 is 2.43. The van der Waals surface area contributed by atoms with E-state index in [1.165, 1.54) is 36.2 Å². The Balaban J connectivity index is 2.07. The summed E-state index contributed by atoms with van der Waals surface area (Å²) < 4.78 is 7.42.